The molecule has 1 aliphatic rings. The molecule has 0 amide bonds. The van der Waals surface area contributed by atoms with Gasteiger partial charge in [0.2, 0.25) is 0 Å². The third kappa shape index (κ3) is 9.23. The molecule has 0 fully saturated rings. The van der Waals surface area contributed by atoms with Crippen molar-refractivity contribution >= 4 is 11.6 Å². The highest BCUT2D eigenvalue weighted by atomic mass is 19.1. The van der Waals surface area contributed by atoms with Gasteiger partial charge in [-0.15, -0.1) is 0 Å². The second-order valence-corrected chi connectivity index (χ2v) is 8.03. The van der Waals surface area contributed by atoms with Crippen LogP contribution in [0.25, 0.3) is 0 Å². The summed E-state index contributed by atoms with van der Waals surface area (Å²) in [6.45, 7) is 19.9. The van der Waals surface area contributed by atoms with Crippen LogP contribution in [0.5, 0.6) is 0 Å². The molecule has 35 heavy (non-hydrogen) atoms. The zero-order chi connectivity index (χ0) is 26.3. The molecule has 0 bridgehead atoms. The Kier molecular flexibility index (Phi) is 12.8. The largest absolute Gasteiger partial charge is 0.369 e. The monoisotopic (exact) mass is 475 g/mol. The lowest BCUT2D eigenvalue weighted by atomic mass is 9.89. The number of halogens is 1. The standard InChI is InChI=1S/C30H38FN3O/c1-8-20-30(31,24(5)6)26(10-3)23-32-25(7)33-28-18-13-12-14-19-29(28)34(21-9-2)22-16-15-17-27(35)11-4/h8,10-15,17,19-20,23H,3-5,9,16,21-22H2,1-2,6-7H3,(H,32,33)/b17-15-,20-8+,26-23+. The molecule has 0 saturated carbocycles. The summed E-state index contributed by atoms with van der Waals surface area (Å²) in [7, 11) is 0. The Labute approximate surface area is 210 Å². The van der Waals surface area contributed by atoms with Crippen molar-refractivity contribution in [2.24, 2.45) is 4.99 Å². The summed E-state index contributed by atoms with van der Waals surface area (Å²) < 4.78 is 15.5. The fraction of sp³-hybridized carbons (Fsp3) is 0.300. The van der Waals surface area contributed by atoms with Gasteiger partial charge >= 0.3 is 0 Å². The van der Waals surface area contributed by atoms with Crippen molar-refractivity contribution in [1.82, 2.24) is 10.2 Å². The molecule has 0 radical (unpaired) electrons. The second kappa shape index (κ2) is 15.3. The van der Waals surface area contributed by atoms with Crippen molar-refractivity contribution in [1.29, 1.82) is 0 Å². The summed E-state index contributed by atoms with van der Waals surface area (Å²) in [4.78, 5) is 18.1. The van der Waals surface area contributed by atoms with Gasteiger partial charge in [-0.1, -0.05) is 62.8 Å². The van der Waals surface area contributed by atoms with Crippen molar-refractivity contribution in [2.75, 3.05) is 13.1 Å². The first kappa shape index (κ1) is 29.3. The lowest BCUT2D eigenvalue weighted by molar-refractivity contribution is -0.110. The molecule has 0 spiro atoms. The molecule has 0 aromatic carbocycles. The maximum Gasteiger partial charge on any atom is 0.177 e. The third-order valence-electron chi connectivity index (χ3n) is 5.19. The van der Waals surface area contributed by atoms with Crippen molar-refractivity contribution in [3.05, 3.63) is 115 Å². The number of nitrogens with one attached hydrogen (secondary N) is 1. The van der Waals surface area contributed by atoms with Crippen LogP contribution in [-0.4, -0.2) is 35.3 Å². The minimum atomic E-state index is -1.84. The normalized spacial score (nSPS) is 15.9. The van der Waals surface area contributed by atoms with E-state index in [-0.39, 0.29) is 5.78 Å². The number of nitrogens with zero attached hydrogens (tertiary/aromatic N) is 2. The summed E-state index contributed by atoms with van der Waals surface area (Å²) in [5.41, 5.74) is 3.80. The van der Waals surface area contributed by atoms with Crippen LogP contribution < -0.4 is 5.32 Å². The number of hydrogen-bond acceptors (Lipinski definition) is 3. The number of ketones is 1. The Morgan fingerprint density at radius 2 is 2.00 bits per heavy atom. The van der Waals surface area contributed by atoms with Crippen LogP contribution in [0.3, 0.4) is 0 Å². The van der Waals surface area contributed by atoms with Gasteiger partial charge in [-0.25, -0.2) is 9.38 Å². The predicted octanol–water partition coefficient (Wildman–Crippen LogP) is 6.83. The van der Waals surface area contributed by atoms with Crippen LogP contribution in [0, 0.1) is 0 Å². The summed E-state index contributed by atoms with van der Waals surface area (Å²) in [6, 6.07) is 0. The second-order valence-electron chi connectivity index (χ2n) is 8.03. The summed E-state index contributed by atoms with van der Waals surface area (Å²) in [5, 5.41) is 3.30. The van der Waals surface area contributed by atoms with Crippen LogP contribution in [0.2, 0.25) is 0 Å². The van der Waals surface area contributed by atoms with Crippen LogP contribution in [0.1, 0.15) is 40.5 Å². The van der Waals surface area contributed by atoms with E-state index in [0.717, 1.165) is 30.9 Å². The molecule has 1 rings (SSSR count). The molecule has 0 aromatic heterocycles. The number of carbonyl (C=O) groups is 1. The predicted molar refractivity (Wildman–Crippen MR) is 148 cm³/mol. The van der Waals surface area contributed by atoms with E-state index in [1.165, 1.54) is 30.5 Å². The molecule has 1 N–H and O–H groups in total. The van der Waals surface area contributed by atoms with Gasteiger partial charge in [0, 0.05) is 24.9 Å². The van der Waals surface area contributed by atoms with Crippen LogP contribution in [0.4, 0.5) is 4.39 Å². The Bertz CT molecular complexity index is 1050. The zero-order valence-corrected chi connectivity index (χ0v) is 21.5. The molecule has 186 valence electrons. The van der Waals surface area contributed by atoms with Gasteiger partial charge in [-0.05, 0) is 69.6 Å². The van der Waals surface area contributed by atoms with Crippen LogP contribution in [-0.2, 0) is 4.79 Å². The van der Waals surface area contributed by atoms with Gasteiger partial charge in [-0.2, -0.15) is 0 Å². The Hall–Kier alpha value is -3.69. The SMILES string of the molecule is C=CC(=O)/C=C\CCN(CCC)C1=CC=CC=C=C1N/C(C)=N/C=C(\C=C)C(F)(/C=C/C)C(=C)C. The smallest absolute Gasteiger partial charge is 0.177 e. The highest BCUT2D eigenvalue weighted by molar-refractivity contribution is 5.98. The molecule has 0 aromatic rings. The van der Waals surface area contributed by atoms with Gasteiger partial charge in [-0.3, -0.25) is 4.79 Å². The first-order chi connectivity index (χ1) is 16.7. The summed E-state index contributed by atoms with van der Waals surface area (Å²) in [6.07, 6.45) is 20.1. The first-order valence-corrected chi connectivity index (χ1v) is 11.8. The number of rotatable bonds is 14. The van der Waals surface area contributed by atoms with E-state index in [1.54, 1.807) is 19.9 Å². The van der Waals surface area contributed by atoms with Crippen molar-refractivity contribution in [3.8, 4) is 0 Å². The van der Waals surface area contributed by atoms with E-state index in [0.29, 0.717) is 23.4 Å². The minimum Gasteiger partial charge on any atom is -0.369 e. The average Bonchev–Trinajstić information content (AvgIpc) is 3.06. The Morgan fingerprint density at radius 1 is 1.26 bits per heavy atom. The van der Waals surface area contributed by atoms with E-state index in [4.69, 9.17) is 0 Å². The molecule has 1 aliphatic carbocycles. The topological polar surface area (TPSA) is 44.7 Å². The maximum absolute atomic E-state index is 15.5. The summed E-state index contributed by atoms with van der Waals surface area (Å²) in [5.74, 6) is 0.469. The third-order valence-corrected chi connectivity index (χ3v) is 5.19. The Balaban J connectivity index is 3.18. The summed E-state index contributed by atoms with van der Waals surface area (Å²) >= 11 is 0. The van der Waals surface area contributed by atoms with Crippen molar-refractivity contribution < 1.29 is 9.18 Å². The lowest BCUT2D eigenvalue weighted by Gasteiger charge is -2.28. The Morgan fingerprint density at radius 3 is 2.60 bits per heavy atom. The van der Waals surface area contributed by atoms with Gasteiger partial charge in [0.25, 0.3) is 0 Å². The molecular formula is C30H38FN3O. The molecule has 5 heteroatoms. The van der Waals surface area contributed by atoms with E-state index in [1.807, 2.05) is 37.3 Å². The van der Waals surface area contributed by atoms with Crippen molar-refractivity contribution in [3.63, 3.8) is 0 Å². The van der Waals surface area contributed by atoms with Crippen LogP contribution in [0.15, 0.2) is 120 Å². The van der Waals surface area contributed by atoms with E-state index in [2.05, 4.69) is 47.6 Å². The van der Waals surface area contributed by atoms with E-state index in [9.17, 15) is 4.79 Å². The van der Waals surface area contributed by atoms with Crippen LogP contribution >= 0.6 is 0 Å². The van der Waals surface area contributed by atoms with Crippen molar-refractivity contribution in [2.45, 2.75) is 46.2 Å². The number of carbonyl (C=O) groups excluding carboxylic acids is 1. The average molecular weight is 476 g/mol. The fourth-order valence-corrected chi connectivity index (χ4v) is 3.36. The van der Waals surface area contributed by atoms with Gasteiger partial charge in [0.05, 0.1) is 5.70 Å². The number of amidine groups is 1. The molecule has 0 heterocycles. The molecule has 4 nitrogen and oxygen atoms in total. The van der Waals surface area contributed by atoms with Gasteiger partial charge in [0.1, 0.15) is 11.5 Å². The first-order valence-electron chi connectivity index (χ1n) is 11.8. The molecule has 0 aliphatic heterocycles. The number of aliphatic imine (C=N–C) groups is 1. The number of allylic oxidation sites excluding steroid dienone is 10. The quantitative estimate of drug-likeness (QED) is 0.0748. The molecular weight excluding hydrogens is 437 g/mol. The van der Waals surface area contributed by atoms with E-state index < -0.39 is 5.67 Å². The molecule has 1 atom stereocenters. The number of hydrogen-bond donors (Lipinski definition) is 1. The fourth-order valence-electron chi connectivity index (χ4n) is 3.36. The minimum absolute atomic E-state index is 0.106. The number of alkyl halides is 1. The van der Waals surface area contributed by atoms with Gasteiger partial charge in [0.15, 0.2) is 11.5 Å². The molecule has 0 saturated heterocycles. The highest BCUT2D eigenvalue weighted by Crippen LogP contribution is 2.32. The lowest BCUT2D eigenvalue weighted by Crippen LogP contribution is -2.31. The highest BCUT2D eigenvalue weighted by Gasteiger charge is 2.30. The van der Waals surface area contributed by atoms with Gasteiger partial charge < -0.3 is 10.2 Å². The zero-order valence-electron chi connectivity index (χ0n) is 21.5. The van der Waals surface area contributed by atoms with E-state index >= 15 is 4.39 Å². The molecule has 1 unspecified atom stereocenters. The maximum atomic E-state index is 15.5.